The first-order valence-corrected chi connectivity index (χ1v) is 6.11. The van der Waals surface area contributed by atoms with Gasteiger partial charge in [0.25, 0.3) is 0 Å². The summed E-state index contributed by atoms with van der Waals surface area (Å²) in [5.74, 6) is -1.93. The fourth-order valence-corrected chi connectivity index (χ4v) is 1.95. The molecular formula is C14H11ClF2N2O. The van der Waals surface area contributed by atoms with E-state index < -0.39 is 17.5 Å². The van der Waals surface area contributed by atoms with E-state index in [0.717, 1.165) is 6.07 Å². The molecule has 0 saturated heterocycles. The number of nitrogens with two attached hydrogens (primary N) is 1. The topological polar surface area (TPSA) is 55.1 Å². The van der Waals surface area contributed by atoms with E-state index in [1.807, 2.05) is 0 Å². The van der Waals surface area contributed by atoms with E-state index in [4.69, 9.17) is 17.3 Å². The van der Waals surface area contributed by atoms with Crippen LogP contribution in [0.4, 0.5) is 14.5 Å². The maximum atomic E-state index is 13.0. The monoisotopic (exact) mass is 296 g/mol. The quantitative estimate of drug-likeness (QED) is 0.909. The molecule has 20 heavy (non-hydrogen) atoms. The molecule has 0 saturated carbocycles. The number of anilines is 1. The van der Waals surface area contributed by atoms with Gasteiger partial charge in [-0.05, 0) is 35.9 Å². The van der Waals surface area contributed by atoms with Gasteiger partial charge in [-0.1, -0.05) is 11.6 Å². The van der Waals surface area contributed by atoms with Crippen LogP contribution in [0.3, 0.4) is 0 Å². The highest BCUT2D eigenvalue weighted by Gasteiger charge is 2.07. The minimum absolute atomic E-state index is 0.182. The molecule has 2 aromatic carbocycles. The Morgan fingerprint density at radius 1 is 1.15 bits per heavy atom. The molecule has 0 fully saturated rings. The molecule has 6 heteroatoms. The van der Waals surface area contributed by atoms with Gasteiger partial charge in [0.2, 0.25) is 5.91 Å². The fourth-order valence-electron chi connectivity index (χ4n) is 1.74. The van der Waals surface area contributed by atoms with Gasteiger partial charge >= 0.3 is 0 Å². The Bertz CT molecular complexity index is 641. The minimum atomic E-state index is -0.643. The Morgan fingerprint density at radius 3 is 2.40 bits per heavy atom. The van der Waals surface area contributed by atoms with E-state index in [2.05, 4.69) is 5.32 Å². The average Bonchev–Trinajstić information content (AvgIpc) is 2.36. The molecule has 2 aromatic rings. The molecule has 0 radical (unpaired) electrons. The molecule has 3 nitrogen and oxygen atoms in total. The summed E-state index contributed by atoms with van der Waals surface area (Å²) in [6, 6.07) is 7.90. The lowest BCUT2D eigenvalue weighted by atomic mass is 10.1. The zero-order valence-corrected chi connectivity index (χ0v) is 11.0. The number of carbonyl (C=O) groups is 1. The second-order valence-corrected chi connectivity index (χ2v) is 4.60. The summed E-state index contributed by atoms with van der Waals surface area (Å²) in [5, 5.41) is 3.19. The third-order valence-corrected chi connectivity index (χ3v) is 2.98. The number of amides is 1. The largest absolute Gasteiger partial charge is 0.381 e. The van der Waals surface area contributed by atoms with Crippen LogP contribution >= 0.6 is 11.6 Å². The molecular weight excluding hydrogens is 286 g/mol. The third-order valence-electron chi connectivity index (χ3n) is 2.65. The van der Waals surface area contributed by atoms with E-state index >= 15 is 0 Å². The van der Waals surface area contributed by atoms with E-state index in [0.29, 0.717) is 11.3 Å². The number of benzene rings is 2. The number of rotatable bonds is 4. The molecule has 1 amide bonds. The van der Waals surface area contributed by atoms with Crippen molar-refractivity contribution in [1.29, 1.82) is 0 Å². The standard InChI is InChI=1S/C14H11ClF2N2O/c15-13-2-1-11(6-12(13)14(18)20)19-7-8-3-9(16)5-10(17)4-8/h1-6,19H,7H2,(H2,18,20). The Morgan fingerprint density at radius 2 is 1.80 bits per heavy atom. The molecule has 0 aliphatic carbocycles. The van der Waals surface area contributed by atoms with Crippen molar-refractivity contribution in [2.45, 2.75) is 6.54 Å². The van der Waals surface area contributed by atoms with Crippen LogP contribution < -0.4 is 11.1 Å². The van der Waals surface area contributed by atoms with Gasteiger partial charge in [0.1, 0.15) is 11.6 Å². The van der Waals surface area contributed by atoms with E-state index in [-0.39, 0.29) is 17.1 Å². The molecule has 0 bridgehead atoms. The van der Waals surface area contributed by atoms with Crippen LogP contribution in [0.25, 0.3) is 0 Å². The molecule has 0 aromatic heterocycles. The van der Waals surface area contributed by atoms with Crippen molar-refractivity contribution in [3.8, 4) is 0 Å². The molecule has 0 heterocycles. The predicted molar refractivity (Wildman–Crippen MR) is 73.7 cm³/mol. The van der Waals surface area contributed by atoms with Gasteiger partial charge < -0.3 is 11.1 Å². The van der Waals surface area contributed by atoms with Crippen LogP contribution in [0.15, 0.2) is 36.4 Å². The first-order valence-electron chi connectivity index (χ1n) is 5.74. The highest BCUT2D eigenvalue weighted by atomic mass is 35.5. The molecule has 104 valence electrons. The van der Waals surface area contributed by atoms with E-state index in [9.17, 15) is 13.6 Å². The average molecular weight is 297 g/mol. The molecule has 0 aliphatic heterocycles. The summed E-state index contributed by atoms with van der Waals surface area (Å²) >= 11 is 5.82. The second-order valence-electron chi connectivity index (χ2n) is 4.19. The van der Waals surface area contributed by atoms with Crippen molar-refractivity contribution in [2.24, 2.45) is 5.73 Å². The summed E-state index contributed by atoms with van der Waals surface area (Å²) in [5.41, 5.74) is 6.38. The SMILES string of the molecule is NC(=O)c1cc(NCc2cc(F)cc(F)c2)ccc1Cl. The summed E-state index contributed by atoms with van der Waals surface area (Å²) < 4.78 is 26.1. The molecule has 0 atom stereocenters. The predicted octanol–water partition coefficient (Wildman–Crippen LogP) is 3.33. The van der Waals surface area contributed by atoms with E-state index in [1.165, 1.54) is 24.3 Å². The van der Waals surface area contributed by atoms with Crippen LogP contribution in [0.2, 0.25) is 5.02 Å². The summed E-state index contributed by atoms with van der Waals surface area (Å²) in [4.78, 5) is 11.1. The number of halogens is 3. The number of hydrogen-bond donors (Lipinski definition) is 2. The number of primary amides is 1. The van der Waals surface area contributed by atoms with Crippen molar-refractivity contribution in [2.75, 3.05) is 5.32 Å². The lowest BCUT2D eigenvalue weighted by Crippen LogP contribution is -2.12. The van der Waals surface area contributed by atoms with Crippen LogP contribution in [0.1, 0.15) is 15.9 Å². The van der Waals surface area contributed by atoms with Crippen molar-refractivity contribution >= 4 is 23.2 Å². The lowest BCUT2D eigenvalue weighted by molar-refractivity contribution is 0.100. The Labute approximate surface area is 119 Å². The van der Waals surface area contributed by atoms with Gasteiger partial charge in [-0.15, -0.1) is 0 Å². The van der Waals surface area contributed by atoms with Gasteiger partial charge in [-0.25, -0.2) is 8.78 Å². The second kappa shape index (κ2) is 5.88. The van der Waals surface area contributed by atoms with Crippen molar-refractivity contribution < 1.29 is 13.6 Å². The zero-order chi connectivity index (χ0) is 14.7. The molecule has 0 aliphatic rings. The van der Waals surface area contributed by atoms with Gasteiger partial charge in [-0.2, -0.15) is 0 Å². The first kappa shape index (κ1) is 14.3. The van der Waals surface area contributed by atoms with Crippen LogP contribution in [0.5, 0.6) is 0 Å². The van der Waals surface area contributed by atoms with Gasteiger partial charge in [0.15, 0.2) is 0 Å². The van der Waals surface area contributed by atoms with Gasteiger partial charge in [0.05, 0.1) is 10.6 Å². The van der Waals surface area contributed by atoms with Crippen LogP contribution in [-0.2, 0) is 6.54 Å². The molecule has 2 rings (SSSR count). The van der Waals surface area contributed by atoms with Crippen molar-refractivity contribution in [3.05, 3.63) is 64.2 Å². The number of carbonyl (C=O) groups excluding carboxylic acids is 1. The maximum absolute atomic E-state index is 13.0. The highest BCUT2D eigenvalue weighted by molar-refractivity contribution is 6.33. The fraction of sp³-hybridized carbons (Fsp3) is 0.0714. The van der Waals surface area contributed by atoms with Crippen LogP contribution in [-0.4, -0.2) is 5.91 Å². The Hall–Kier alpha value is -2.14. The maximum Gasteiger partial charge on any atom is 0.250 e. The normalized spacial score (nSPS) is 10.3. The molecule has 0 spiro atoms. The first-order chi connectivity index (χ1) is 9.45. The lowest BCUT2D eigenvalue weighted by Gasteiger charge is -2.09. The van der Waals surface area contributed by atoms with Crippen LogP contribution in [0, 0.1) is 11.6 Å². The van der Waals surface area contributed by atoms with Crippen molar-refractivity contribution in [1.82, 2.24) is 0 Å². The Balaban J connectivity index is 2.14. The summed E-state index contributed by atoms with van der Waals surface area (Å²) in [6.07, 6.45) is 0. The molecule has 0 unspecified atom stereocenters. The highest BCUT2D eigenvalue weighted by Crippen LogP contribution is 2.20. The number of nitrogens with one attached hydrogen (secondary N) is 1. The Kier molecular flexibility index (Phi) is 4.20. The third kappa shape index (κ3) is 3.45. The van der Waals surface area contributed by atoms with Gasteiger partial charge in [0, 0.05) is 18.3 Å². The molecule has 3 N–H and O–H groups in total. The smallest absolute Gasteiger partial charge is 0.250 e. The summed E-state index contributed by atoms with van der Waals surface area (Å²) in [7, 11) is 0. The minimum Gasteiger partial charge on any atom is -0.381 e. The van der Waals surface area contributed by atoms with Gasteiger partial charge in [-0.3, -0.25) is 4.79 Å². The number of hydrogen-bond acceptors (Lipinski definition) is 2. The summed E-state index contributed by atoms with van der Waals surface area (Å²) in [6.45, 7) is 0.203. The van der Waals surface area contributed by atoms with Crippen molar-refractivity contribution in [3.63, 3.8) is 0 Å². The zero-order valence-electron chi connectivity index (χ0n) is 10.3. The van der Waals surface area contributed by atoms with E-state index in [1.54, 1.807) is 6.07 Å².